The minimum absolute atomic E-state index is 0.00655. The van der Waals surface area contributed by atoms with E-state index in [0.717, 1.165) is 18.4 Å². The number of hydrogen-bond donors (Lipinski definition) is 0. The maximum Gasteiger partial charge on any atom is 0.210 e. The molecular weight excluding hydrogens is 384 g/mol. The number of sulfone groups is 1. The molecule has 0 unspecified atom stereocenters. The smallest absolute Gasteiger partial charge is 0.210 e. The minimum atomic E-state index is -3.29. The zero-order valence-electron chi connectivity index (χ0n) is 17.5. The Morgan fingerprint density at radius 1 is 0.862 bits per heavy atom. The fourth-order valence-corrected chi connectivity index (χ4v) is 4.42. The van der Waals surface area contributed by atoms with E-state index < -0.39 is 15.4 Å². The van der Waals surface area contributed by atoms with Crippen molar-refractivity contribution in [3.05, 3.63) is 65.2 Å². The Labute approximate surface area is 173 Å². The molecule has 1 aliphatic rings. The third-order valence-electron chi connectivity index (χ3n) is 5.63. The van der Waals surface area contributed by atoms with Crippen molar-refractivity contribution in [3.8, 4) is 0 Å². The first kappa shape index (κ1) is 21.3. The molecule has 5 heteroatoms. The summed E-state index contributed by atoms with van der Waals surface area (Å²) in [5, 5.41) is 0. The third kappa shape index (κ3) is 4.01. The van der Waals surface area contributed by atoms with Crippen LogP contribution in [-0.2, 0) is 25.8 Å². The fraction of sp³-hybridized carbons (Fsp3) is 0.375. The van der Waals surface area contributed by atoms with Crippen LogP contribution in [0.15, 0.2) is 53.4 Å². The van der Waals surface area contributed by atoms with Crippen molar-refractivity contribution >= 4 is 27.0 Å². The maximum atomic E-state index is 13.4. The molecule has 0 radical (unpaired) electrons. The van der Waals surface area contributed by atoms with Gasteiger partial charge >= 0.3 is 0 Å². The van der Waals surface area contributed by atoms with E-state index in [0.29, 0.717) is 29.7 Å². The Kier molecular flexibility index (Phi) is 5.99. The van der Waals surface area contributed by atoms with Crippen LogP contribution in [-0.4, -0.2) is 26.1 Å². The Morgan fingerprint density at radius 2 is 1.41 bits per heavy atom. The summed E-state index contributed by atoms with van der Waals surface area (Å²) in [6.45, 7) is 6.05. The van der Waals surface area contributed by atoms with Crippen LogP contribution in [0.2, 0.25) is 0 Å². The quantitative estimate of drug-likeness (QED) is 0.637. The van der Waals surface area contributed by atoms with Crippen molar-refractivity contribution in [2.75, 3.05) is 6.26 Å². The van der Waals surface area contributed by atoms with E-state index in [1.807, 2.05) is 26.0 Å². The van der Waals surface area contributed by atoms with Crippen LogP contribution in [0.1, 0.15) is 56.7 Å². The maximum absolute atomic E-state index is 13.4. The Balaban J connectivity index is 2.13. The summed E-state index contributed by atoms with van der Waals surface area (Å²) in [6.07, 6.45) is 4.39. The van der Waals surface area contributed by atoms with Gasteiger partial charge < -0.3 is 4.74 Å². The van der Waals surface area contributed by atoms with Crippen molar-refractivity contribution in [1.29, 1.82) is 0 Å². The summed E-state index contributed by atoms with van der Waals surface area (Å²) in [5.41, 5.74) is 2.48. The number of hydrogen-bond acceptors (Lipinski definition) is 4. The number of carbonyl (C=O) groups excluding carboxylic acids is 1. The molecular formula is C24H28O4S. The van der Waals surface area contributed by atoms with Gasteiger partial charge in [-0.15, -0.1) is 0 Å². The Hall–Kier alpha value is -2.40. The lowest BCUT2D eigenvalue weighted by Crippen LogP contribution is -2.35. The van der Waals surface area contributed by atoms with E-state index >= 15 is 0 Å². The van der Waals surface area contributed by atoms with Crippen molar-refractivity contribution in [2.45, 2.75) is 57.0 Å². The van der Waals surface area contributed by atoms with E-state index in [1.54, 1.807) is 24.3 Å². The lowest BCUT2D eigenvalue weighted by molar-refractivity contribution is -0.128. The zero-order valence-corrected chi connectivity index (χ0v) is 18.3. The number of ketones is 1. The summed E-state index contributed by atoms with van der Waals surface area (Å²) in [4.78, 5) is 13.7. The molecule has 0 aromatic heterocycles. The Bertz CT molecular complexity index is 1030. The van der Waals surface area contributed by atoms with Gasteiger partial charge in [-0.2, -0.15) is 0 Å². The van der Waals surface area contributed by atoms with Gasteiger partial charge in [0.1, 0.15) is 5.76 Å². The lowest BCUT2D eigenvalue weighted by atomic mass is 9.86. The van der Waals surface area contributed by atoms with Crippen molar-refractivity contribution in [3.63, 3.8) is 0 Å². The Morgan fingerprint density at radius 3 is 1.90 bits per heavy atom. The molecule has 0 N–H and O–H groups in total. The van der Waals surface area contributed by atoms with Gasteiger partial charge in [0.2, 0.25) is 5.78 Å². The van der Waals surface area contributed by atoms with Gasteiger partial charge in [-0.25, -0.2) is 8.42 Å². The molecule has 0 atom stereocenters. The molecule has 2 aromatic rings. The van der Waals surface area contributed by atoms with Gasteiger partial charge in [-0.3, -0.25) is 4.79 Å². The van der Waals surface area contributed by atoms with Crippen LogP contribution in [0.5, 0.6) is 0 Å². The molecule has 0 spiro atoms. The molecule has 0 saturated carbocycles. The van der Waals surface area contributed by atoms with Gasteiger partial charge in [0.15, 0.2) is 15.4 Å². The van der Waals surface area contributed by atoms with Crippen LogP contribution >= 0.6 is 0 Å². The third-order valence-corrected chi connectivity index (χ3v) is 6.76. The van der Waals surface area contributed by atoms with Crippen molar-refractivity contribution in [2.24, 2.45) is 0 Å². The summed E-state index contributed by atoms with van der Waals surface area (Å²) >= 11 is 0. The molecule has 154 valence electrons. The molecule has 0 bridgehead atoms. The molecule has 3 rings (SSSR count). The number of carbonyl (C=O) groups is 1. The van der Waals surface area contributed by atoms with Gasteiger partial charge in [0, 0.05) is 11.8 Å². The molecule has 1 aliphatic heterocycles. The highest BCUT2D eigenvalue weighted by Crippen LogP contribution is 2.44. The number of ether oxygens (including phenoxy) is 1. The molecule has 0 amide bonds. The highest BCUT2D eigenvalue weighted by atomic mass is 32.2. The van der Waals surface area contributed by atoms with Crippen LogP contribution in [0.25, 0.3) is 11.3 Å². The van der Waals surface area contributed by atoms with E-state index in [1.165, 1.54) is 11.8 Å². The standard InChI is InChI=1S/C24H28O4S/c1-5-8-17-9-11-18(12-10-17)21-22(28-24(6-2,7-3)23(21)25)19-13-15-20(16-14-19)29(4,26)27/h9-16H,5-8H2,1-4H3. The van der Waals surface area contributed by atoms with Gasteiger partial charge in [0.05, 0.1) is 10.5 Å². The number of Topliss-reactive ketones (excluding diaryl/α,β-unsaturated/α-hetero) is 1. The monoisotopic (exact) mass is 412 g/mol. The molecule has 0 fully saturated rings. The molecule has 2 aromatic carbocycles. The highest BCUT2D eigenvalue weighted by molar-refractivity contribution is 7.90. The molecule has 0 saturated heterocycles. The summed E-state index contributed by atoms with van der Waals surface area (Å²) in [5.74, 6) is 0.523. The number of benzene rings is 2. The average molecular weight is 413 g/mol. The second kappa shape index (κ2) is 8.15. The summed E-state index contributed by atoms with van der Waals surface area (Å²) in [7, 11) is -3.29. The first-order chi connectivity index (χ1) is 13.8. The van der Waals surface area contributed by atoms with E-state index in [-0.39, 0.29) is 10.7 Å². The number of rotatable bonds is 7. The van der Waals surface area contributed by atoms with Gasteiger partial charge in [0.25, 0.3) is 0 Å². The number of aryl methyl sites for hydroxylation is 1. The predicted molar refractivity (Wildman–Crippen MR) is 116 cm³/mol. The molecule has 4 nitrogen and oxygen atoms in total. The lowest BCUT2D eigenvalue weighted by Gasteiger charge is -2.25. The largest absolute Gasteiger partial charge is 0.478 e. The van der Waals surface area contributed by atoms with Crippen LogP contribution in [0.4, 0.5) is 0 Å². The average Bonchev–Trinajstić information content (AvgIpc) is 3.01. The van der Waals surface area contributed by atoms with Crippen molar-refractivity contribution in [1.82, 2.24) is 0 Å². The first-order valence-corrected chi connectivity index (χ1v) is 12.0. The summed E-state index contributed by atoms with van der Waals surface area (Å²) < 4.78 is 29.9. The zero-order chi connectivity index (χ0) is 21.2. The summed E-state index contributed by atoms with van der Waals surface area (Å²) in [6, 6.07) is 14.6. The predicted octanol–water partition coefficient (Wildman–Crippen LogP) is 5.07. The van der Waals surface area contributed by atoms with E-state index in [4.69, 9.17) is 4.74 Å². The molecule has 0 aliphatic carbocycles. The molecule has 1 heterocycles. The van der Waals surface area contributed by atoms with E-state index in [2.05, 4.69) is 19.1 Å². The van der Waals surface area contributed by atoms with Crippen LogP contribution in [0.3, 0.4) is 0 Å². The minimum Gasteiger partial charge on any atom is -0.478 e. The highest BCUT2D eigenvalue weighted by Gasteiger charge is 2.47. The second-order valence-electron chi connectivity index (χ2n) is 7.58. The topological polar surface area (TPSA) is 60.4 Å². The van der Waals surface area contributed by atoms with Crippen molar-refractivity contribution < 1.29 is 17.9 Å². The SMILES string of the molecule is CCCc1ccc(C2=C(c3ccc(S(C)(=O)=O)cc3)OC(CC)(CC)C2=O)cc1. The normalized spacial score (nSPS) is 16.2. The molecule has 29 heavy (non-hydrogen) atoms. The van der Waals surface area contributed by atoms with Crippen LogP contribution in [0, 0.1) is 0 Å². The second-order valence-corrected chi connectivity index (χ2v) is 9.60. The van der Waals surface area contributed by atoms with E-state index in [9.17, 15) is 13.2 Å². The van der Waals surface area contributed by atoms with Gasteiger partial charge in [-0.05, 0) is 54.7 Å². The first-order valence-electron chi connectivity index (χ1n) is 10.1. The van der Waals surface area contributed by atoms with Crippen LogP contribution < -0.4 is 0 Å². The van der Waals surface area contributed by atoms with Gasteiger partial charge in [-0.1, -0.05) is 51.5 Å². The fourth-order valence-electron chi connectivity index (χ4n) is 3.78.